The van der Waals surface area contributed by atoms with Gasteiger partial charge in [0.2, 0.25) is 0 Å². The number of fused-ring (bicyclic) bond motifs is 9. The largest absolute Gasteiger partial charge is 0.181 e. The van der Waals surface area contributed by atoms with Crippen molar-refractivity contribution in [2.75, 3.05) is 0 Å². The van der Waals surface area contributed by atoms with Crippen molar-refractivity contribution in [1.82, 2.24) is 0 Å². The quantitative estimate of drug-likeness (QED) is 0.0769. The molecule has 0 radical (unpaired) electrons. The van der Waals surface area contributed by atoms with E-state index >= 15 is 0 Å². The van der Waals surface area contributed by atoms with Crippen LogP contribution < -0.4 is 41.5 Å². The molecule has 0 aliphatic heterocycles. The summed E-state index contributed by atoms with van der Waals surface area (Å²) < 4.78 is 2.72. The Morgan fingerprint density at radius 1 is 0.217 bits per heavy atom. The van der Waals surface area contributed by atoms with E-state index in [4.69, 9.17) is 0 Å². The smallest absolute Gasteiger partial charge is 0.135 e. The van der Waals surface area contributed by atoms with Crippen molar-refractivity contribution in [1.29, 1.82) is 0 Å². The molecular formula is C66H46SSi2. The molecule has 0 aliphatic carbocycles. The summed E-state index contributed by atoms with van der Waals surface area (Å²) in [5.74, 6) is 0. The lowest BCUT2D eigenvalue weighted by atomic mass is 9.94. The molecule has 0 nitrogen and oxygen atoms in total. The molecular weight excluding hydrogens is 881 g/mol. The molecule has 12 aromatic carbocycles. The summed E-state index contributed by atoms with van der Waals surface area (Å²) in [5.41, 5.74) is 2.42. The molecule has 1 aromatic heterocycles. The summed E-state index contributed by atoms with van der Waals surface area (Å²) in [5, 5.41) is 21.5. The van der Waals surface area contributed by atoms with Gasteiger partial charge in [-0.3, -0.25) is 0 Å². The maximum Gasteiger partial charge on any atom is 0.181 e. The fourth-order valence-electron chi connectivity index (χ4n) is 11.7. The molecule has 3 heteroatoms. The van der Waals surface area contributed by atoms with Gasteiger partial charge in [0.15, 0.2) is 16.1 Å². The second-order valence-electron chi connectivity index (χ2n) is 18.3. The van der Waals surface area contributed by atoms with Crippen LogP contribution in [0.1, 0.15) is 0 Å². The Balaban J connectivity index is 0.986. The molecule has 0 unspecified atom stereocenters. The summed E-state index contributed by atoms with van der Waals surface area (Å²) >= 11 is 1.94. The van der Waals surface area contributed by atoms with E-state index in [2.05, 4.69) is 279 Å². The first-order chi connectivity index (χ1) is 34.2. The van der Waals surface area contributed by atoms with E-state index in [9.17, 15) is 0 Å². The van der Waals surface area contributed by atoms with Crippen molar-refractivity contribution in [3.8, 4) is 11.1 Å². The molecule has 0 atom stereocenters. The van der Waals surface area contributed by atoms with Gasteiger partial charge < -0.3 is 0 Å². The van der Waals surface area contributed by atoms with Crippen LogP contribution in [-0.2, 0) is 0 Å². The molecule has 0 spiro atoms. The van der Waals surface area contributed by atoms with Crippen LogP contribution in [0.3, 0.4) is 0 Å². The second-order valence-corrected chi connectivity index (χ2v) is 26.9. The van der Waals surface area contributed by atoms with Crippen molar-refractivity contribution < 1.29 is 0 Å². The minimum absolute atomic E-state index is 1.21. The highest BCUT2D eigenvalue weighted by Gasteiger charge is 2.44. The topological polar surface area (TPSA) is 0 Å². The zero-order valence-corrected chi connectivity index (χ0v) is 40.8. The zero-order valence-electron chi connectivity index (χ0n) is 38.0. The first-order valence-corrected chi connectivity index (χ1v) is 28.7. The molecule has 0 amide bonds. The van der Waals surface area contributed by atoms with Crippen molar-refractivity contribution in [2.24, 2.45) is 0 Å². The van der Waals surface area contributed by atoms with Gasteiger partial charge >= 0.3 is 0 Å². The maximum atomic E-state index is 2.54. The lowest BCUT2D eigenvalue weighted by Crippen LogP contribution is -2.74. The van der Waals surface area contributed by atoms with Crippen LogP contribution in [0, 0.1) is 0 Å². The van der Waals surface area contributed by atoms with Gasteiger partial charge in [0, 0.05) is 20.2 Å². The van der Waals surface area contributed by atoms with E-state index in [1.165, 1.54) is 105 Å². The van der Waals surface area contributed by atoms with Crippen LogP contribution in [0.15, 0.2) is 279 Å². The molecule has 0 aliphatic rings. The van der Waals surface area contributed by atoms with Crippen LogP contribution in [0.25, 0.3) is 63.6 Å². The van der Waals surface area contributed by atoms with Gasteiger partial charge in [0.25, 0.3) is 0 Å². The normalized spacial score (nSPS) is 12.1. The van der Waals surface area contributed by atoms with Crippen molar-refractivity contribution in [2.45, 2.75) is 0 Å². The summed E-state index contributed by atoms with van der Waals surface area (Å²) in [7, 11) is -5.70. The van der Waals surface area contributed by atoms with E-state index < -0.39 is 16.1 Å². The molecule has 0 N–H and O–H groups in total. The van der Waals surface area contributed by atoms with E-state index in [0.29, 0.717) is 0 Å². The van der Waals surface area contributed by atoms with Gasteiger partial charge in [-0.05, 0) is 91.0 Å². The number of benzene rings is 12. The summed E-state index contributed by atoms with van der Waals surface area (Å²) in [6.45, 7) is 0. The maximum absolute atomic E-state index is 2.87. The Bertz CT molecular complexity index is 3860. The fraction of sp³-hybridized carbons (Fsp3) is 0. The van der Waals surface area contributed by atoms with Crippen LogP contribution in [-0.4, -0.2) is 16.1 Å². The van der Waals surface area contributed by atoms with Crippen LogP contribution in [0.5, 0.6) is 0 Å². The predicted octanol–water partition coefficient (Wildman–Crippen LogP) is 11.9. The van der Waals surface area contributed by atoms with Crippen LogP contribution >= 0.6 is 11.3 Å². The molecule has 13 aromatic rings. The van der Waals surface area contributed by atoms with Gasteiger partial charge in [-0.25, -0.2) is 0 Å². The van der Waals surface area contributed by atoms with E-state index in [1.54, 1.807) is 0 Å². The molecule has 0 saturated heterocycles. The van der Waals surface area contributed by atoms with E-state index in [-0.39, 0.29) is 0 Å². The highest BCUT2D eigenvalue weighted by atomic mass is 32.1. The SMILES string of the molecule is c1ccc([Si](c2ccccc2)(c2ccc(-c3ccc([Si](c4ccccc4)(c4ccccc4)c4cccc5c4sc4ccccc45)cc3)cc2)c2ccc3c4ccccc4c4ccccc4c3c2)cc1. The molecule has 13 rings (SSSR count). The van der Waals surface area contributed by atoms with Gasteiger partial charge in [-0.2, -0.15) is 0 Å². The summed E-state index contributed by atoms with van der Waals surface area (Å²) in [6.07, 6.45) is 0. The minimum atomic E-state index is -2.87. The van der Waals surface area contributed by atoms with Gasteiger partial charge in [-0.1, -0.05) is 273 Å². The minimum Gasteiger partial charge on any atom is -0.135 e. The standard InChI is InChI=1S/C66H46SSi2/c1-5-20-49(21-6-1)68(50-22-7-2-8-23-50,55-44-45-60-58-30-14-13-28-56(58)57-29-15-16-31-59(57)63(60)46-55)53-40-36-47(37-41-53)48-38-42-54(43-39-48)69(51-24-9-3-10-25-51,52-26-11-4-12-27-52)65-35-19-33-62-61-32-17-18-34-64(61)67-66(62)65/h1-46H. The molecule has 0 bridgehead atoms. The third-order valence-corrected chi connectivity index (χ3v) is 25.8. The Morgan fingerprint density at radius 3 is 1.06 bits per heavy atom. The zero-order chi connectivity index (χ0) is 45.8. The summed E-state index contributed by atoms with van der Waals surface area (Å²) in [6, 6.07) is 106. The Kier molecular flexibility index (Phi) is 10.2. The van der Waals surface area contributed by atoms with Crippen molar-refractivity contribution in [3.05, 3.63) is 279 Å². The van der Waals surface area contributed by atoms with Crippen molar-refractivity contribution in [3.63, 3.8) is 0 Å². The first-order valence-electron chi connectivity index (χ1n) is 23.9. The Labute approximate surface area is 409 Å². The summed E-state index contributed by atoms with van der Waals surface area (Å²) in [4.78, 5) is 0. The first kappa shape index (κ1) is 41.3. The van der Waals surface area contributed by atoms with Crippen LogP contribution in [0.2, 0.25) is 0 Å². The number of thiophene rings is 1. The monoisotopic (exact) mass is 926 g/mol. The van der Waals surface area contributed by atoms with Gasteiger partial charge in [0.05, 0.1) is 0 Å². The van der Waals surface area contributed by atoms with Gasteiger partial charge in [0.1, 0.15) is 0 Å². The number of hydrogen-bond acceptors (Lipinski definition) is 1. The predicted molar refractivity (Wildman–Crippen MR) is 305 cm³/mol. The molecule has 0 fully saturated rings. The second kappa shape index (κ2) is 17.0. The van der Waals surface area contributed by atoms with E-state index in [0.717, 1.165) is 0 Å². The third-order valence-electron chi connectivity index (χ3n) is 14.8. The molecule has 69 heavy (non-hydrogen) atoms. The molecule has 324 valence electrons. The molecule has 1 heterocycles. The highest BCUT2D eigenvalue weighted by Crippen LogP contribution is 2.36. The average molecular weight is 927 g/mol. The highest BCUT2D eigenvalue weighted by molar-refractivity contribution is 7.30. The molecule has 0 saturated carbocycles. The lowest BCUT2D eigenvalue weighted by Gasteiger charge is -2.35. The number of hydrogen-bond donors (Lipinski definition) is 0. The van der Waals surface area contributed by atoms with Crippen LogP contribution in [0.4, 0.5) is 0 Å². The Hall–Kier alpha value is -7.93. The van der Waals surface area contributed by atoms with Crippen molar-refractivity contribution >= 4 is 121 Å². The fourth-order valence-corrected chi connectivity index (χ4v) is 23.0. The average Bonchev–Trinajstić information content (AvgIpc) is 3.82. The third kappa shape index (κ3) is 6.54. The van der Waals surface area contributed by atoms with E-state index in [1.807, 2.05) is 11.3 Å². The lowest BCUT2D eigenvalue weighted by molar-refractivity contribution is 1.63. The number of rotatable bonds is 9. The van der Waals surface area contributed by atoms with Gasteiger partial charge in [-0.15, -0.1) is 11.3 Å². The Morgan fingerprint density at radius 2 is 0.565 bits per heavy atom.